The molecule has 0 heterocycles. The van der Waals surface area contributed by atoms with Gasteiger partial charge in [0.1, 0.15) is 5.75 Å². The van der Waals surface area contributed by atoms with Gasteiger partial charge in [0, 0.05) is 4.90 Å². The van der Waals surface area contributed by atoms with Crippen LogP contribution in [-0.4, -0.2) is 22.8 Å². The minimum atomic E-state index is -0.290. The summed E-state index contributed by atoms with van der Waals surface area (Å²) in [6.07, 6.45) is 5.04. The van der Waals surface area contributed by atoms with Gasteiger partial charge in [-0.25, -0.2) is 0 Å². The number of carbonyl (C=O) groups is 1. The fraction of sp³-hybridized carbons (Fsp3) is 0.250. The fourth-order valence-corrected chi connectivity index (χ4v) is 2.00. The summed E-state index contributed by atoms with van der Waals surface area (Å²) in [5.41, 5.74) is 0. The van der Waals surface area contributed by atoms with Crippen molar-refractivity contribution < 1.29 is 9.90 Å². The van der Waals surface area contributed by atoms with Gasteiger partial charge in [-0.3, -0.25) is 4.79 Å². The van der Waals surface area contributed by atoms with Crippen molar-refractivity contribution in [2.24, 2.45) is 0 Å². The molecule has 0 saturated carbocycles. The van der Waals surface area contributed by atoms with Crippen LogP contribution in [0.25, 0.3) is 0 Å². The van der Waals surface area contributed by atoms with E-state index in [0.717, 1.165) is 0 Å². The number of rotatable bonds is 4. The minimum absolute atomic E-state index is 0.133. The summed E-state index contributed by atoms with van der Waals surface area (Å²) in [7, 11) is 0. The highest BCUT2D eigenvalue weighted by molar-refractivity contribution is 8.00. The van der Waals surface area contributed by atoms with Gasteiger partial charge in [0.05, 0.1) is 11.8 Å². The minimum Gasteiger partial charge on any atom is -0.507 e. The number of carbonyl (C=O) groups excluding carboxylic acids is 1. The summed E-state index contributed by atoms with van der Waals surface area (Å²) in [4.78, 5) is 12.2. The van der Waals surface area contributed by atoms with E-state index in [1.54, 1.807) is 25.1 Å². The van der Waals surface area contributed by atoms with Gasteiger partial charge in [0.25, 0.3) is 0 Å². The number of nitrogens with one attached hydrogen (secondary N) is 1. The second-order valence-corrected chi connectivity index (χ2v) is 4.53. The average molecular weight is 235 g/mol. The van der Waals surface area contributed by atoms with Crippen molar-refractivity contribution in [2.45, 2.75) is 17.1 Å². The van der Waals surface area contributed by atoms with Gasteiger partial charge < -0.3 is 10.4 Å². The third-order valence-electron chi connectivity index (χ3n) is 1.90. The summed E-state index contributed by atoms with van der Waals surface area (Å²) in [6.45, 7) is 1.99. The van der Waals surface area contributed by atoms with Crippen LogP contribution in [0.5, 0.6) is 5.75 Å². The molecular formula is C12H13NO2S. The predicted octanol–water partition coefficient (Wildman–Crippen LogP) is 1.62. The van der Waals surface area contributed by atoms with Crippen LogP contribution >= 0.6 is 11.8 Å². The predicted molar refractivity (Wildman–Crippen MR) is 65.3 cm³/mol. The number of aromatic hydroxyl groups is 1. The molecule has 0 aliphatic carbocycles. The van der Waals surface area contributed by atoms with Gasteiger partial charge in [0.2, 0.25) is 5.91 Å². The van der Waals surface area contributed by atoms with Crippen LogP contribution in [0.1, 0.15) is 6.92 Å². The Hall–Kier alpha value is -1.60. The number of phenolic OH excluding ortho intramolecular Hbond substituents is 1. The summed E-state index contributed by atoms with van der Waals surface area (Å²) < 4.78 is 0. The van der Waals surface area contributed by atoms with Crippen molar-refractivity contribution in [3.8, 4) is 18.1 Å². The number of amides is 1. The summed E-state index contributed by atoms with van der Waals surface area (Å²) in [5, 5.41) is 11.8. The van der Waals surface area contributed by atoms with Crippen molar-refractivity contribution in [2.75, 3.05) is 6.54 Å². The average Bonchev–Trinajstić information content (AvgIpc) is 2.28. The van der Waals surface area contributed by atoms with E-state index in [-0.39, 0.29) is 23.5 Å². The van der Waals surface area contributed by atoms with Crippen molar-refractivity contribution >= 4 is 17.7 Å². The summed E-state index contributed by atoms with van der Waals surface area (Å²) >= 11 is 1.30. The molecule has 0 radical (unpaired) electrons. The molecule has 0 aliphatic heterocycles. The molecule has 0 saturated heterocycles. The molecule has 2 N–H and O–H groups in total. The molecule has 1 aromatic carbocycles. The number of hydrogen-bond donors (Lipinski definition) is 2. The molecule has 1 rings (SSSR count). The van der Waals surface area contributed by atoms with Crippen LogP contribution in [-0.2, 0) is 4.79 Å². The molecule has 0 spiro atoms. The van der Waals surface area contributed by atoms with Crippen LogP contribution < -0.4 is 5.32 Å². The van der Waals surface area contributed by atoms with Gasteiger partial charge in [-0.05, 0) is 19.1 Å². The molecule has 1 unspecified atom stereocenters. The van der Waals surface area contributed by atoms with Gasteiger partial charge >= 0.3 is 0 Å². The van der Waals surface area contributed by atoms with Crippen LogP contribution in [0.3, 0.4) is 0 Å². The van der Waals surface area contributed by atoms with Crippen molar-refractivity contribution in [1.29, 1.82) is 0 Å². The lowest BCUT2D eigenvalue weighted by atomic mass is 10.3. The van der Waals surface area contributed by atoms with Gasteiger partial charge in [-0.2, -0.15) is 0 Å². The van der Waals surface area contributed by atoms with Gasteiger partial charge in [0.15, 0.2) is 0 Å². The monoisotopic (exact) mass is 235 g/mol. The smallest absolute Gasteiger partial charge is 0.233 e. The lowest BCUT2D eigenvalue weighted by Gasteiger charge is -2.11. The molecule has 0 bridgehead atoms. The maximum absolute atomic E-state index is 11.5. The second kappa shape index (κ2) is 6.09. The molecule has 0 aliphatic rings. The Kier molecular flexibility index (Phi) is 4.74. The van der Waals surface area contributed by atoms with E-state index < -0.39 is 0 Å². The number of phenols is 1. The highest BCUT2D eigenvalue weighted by atomic mass is 32.2. The third-order valence-corrected chi connectivity index (χ3v) is 3.07. The van der Waals surface area contributed by atoms with Gasteiger partial charge in [-0.1, -0.05) is 18.1 Å². The van der Waals surface area contributed by atoms with E-state index in [9.17, 15) is 9.90 Å². The Morgan fingerprint density at radius 1 is 1.62 bits per heavy atom. The first-order valence-electron chi connectivity index (χ1n) is 4.81. The molecule has 16 heavy (non-hydrogen) atoms. The third kappa shape index (κ3) is 3.52. The highest BCUT2D eigenvalue weighted by Crippen LogP contribution is 2.30. The quantitative estimate of drug-likeness (QED) is 0.616. The lowest BCUT2D eigenvalue weighted by Crippen LogP contribution is -2.31. The van der Waals surface area contributed by atoms with Crippen LogP contribution in [0.2, 0.25) is 0 Å². The molecule has 1 aromatic rings. The molecule has 0 aromatic heterocycles. The standard InChI is InChI=1S/C12H13NO2S/c1-3-8-13-12(15)9(2)16-11-7-5-4-6-10(11)14/h1,4-7,9,14H,8H2,2H3,(H,13,15). The number of thioether (sulfide) groups is 1. The van der Waals surface area contributed by atoms with Gasteiger partial charge in [-0.15, -0.1) is 18.2 Å². The van der Waals surface area contributed by atoms with Crippen molar-refractivity contribution in [3.63, 3.8) is 0 Å². The maximum Gasteiger partial charge on any atom is 0.233 e. The maximum atomic E-state index is 11.5. The van der Waals surface area contributed by atoms with Crippen molar-refractivity contribution in [1.82, 2.24) is 5.32 Å². The summed E-state index contributed by atoms with van der Waals surface area (Å²) in [5.74, 6) is 2.39. The van der Waals surface area contributed by atoms with E-state index >= 15 is 0 Å². The van der Waals surface area contributed by atoms with Crippen LogP contribution in [0.15, 0.2) is 29.2 Å². The van der Waals surface area contributed by atoms with Crippen LogP contribution in [0.4, 0.5) is 0 Å². The zero-order valence-electron chi connectivity index (χ0n) is 8.93. The van der Waals surface area contributed by atoms with E-state index in [1.807, 2.05) is 6.07 Å². The number of hydrogen-bond acceptors (Lipinski definition) is 3. The number of benzene rings is 1. The fourth-order valence-electron chi connectivity index (χ4n) is 1.08. The Morgan fingerprint density at radius 2 is 2.31 bits per heavy atom. The molecule has 0 fully saturated rings. The van der Waals surface area contributed by atoms with Crippen molar-refractivity contribution in [3.05, 3.63) is 24.3 Å². The normalized spacial score (nSPS) is 11.5. The molecule has 3 nitrogen and oxygen atoms in total. The molecule has 84 valence electrons. The summed E-state index contributed by atoms with van der Waals surface area (Å²) in [6, 6.07) is 6.91. The topological polar surface area (TPSA) is 49.3 Å². The van der Waals surface area contributed by atoms with Crippen LogP contribution in [0, 0.1) is 12.3 Å². The first-order chi connectivity index (χ1) is 7.65. The molecule has 1 atom stereocenters. The zero-order valence-corrected chi connectivity index (χ0v) is 9.75. The van der Waals surface area contributed by atoms with E-state index in [4.69, 9.17) is 6.42 Å². The molecule has 1 amide bonds. The van der Waals surface area contributed by atoms with E-state index in [0.29, 0.717) is 4.90 Å². The number of terminal acetylenes is 1. The van der Waals surface area contributed by atoms with E-state index in [1.165, 1.54) is 11.8 Å². The SMILES string of the molecule is C#CCNC(=O)C(C)Sc1ccccc1O. The Morgan fingerprint density at radius 3 is 2.94 bits per heavy atom. The Balaban J connectivity index is 2.58. The Labute approximate surface area is 99.2 Å². The Bertz CT molecular complexity index is 412. The van der Waals surface area contributed by atoms with E-state index in [2.05, 4.69) is 11.2 Å². The first kappa shape index (κ1) is 12.5. The highest BCUT2D eigenvalue weighted by Gasteiger charge is 2.14. The first-order valence-corrected chi connectivity index (χ1v) is 5.69. The molecule has 4 heteroatoms. The molecular weight excluding hydrogens is 222 g/mol. The largest absolute Gasteiger partial charge is 0.507 e. The zero-order chi connectivity index (χ0) is 12.0. The number of para-hydroxylation sites is 1. The second-order valence-electron chi connectivity index (χ2n) is 3.15. The lowest BCUT2D eigenvalue weighted by molar-refractivity contribution is -0.120.